The number of nitrogens with zero attached hydrogens (tertiary/aromatic N) is 2. The zero-order valence-electron chi connectivity index (χ0n) is 18.3. The van der Waals surface area contributed by atoms with Gasteiger partial charge < -0.3 is 9.72 Å². The van der Waals surface area contributed by atoms with Crippen LogP contribution in [0.15, 0.2) is 36.7 Å². The molecule has 1 aliphatic heterocycles. The number of aryl methyl sites for hydroxylation is 2. The number of nitrogens with one attached hydrogen (secondary N) is 1. The summed E-state index contributed by atoms with van der Waals surface area (Å²) in [5.41, 5.74) is 5.51. The summed E-state index contributed by atoms with van der Waals surface area (Å²) in [6, 6.07) is 7.86. The number of carbonyl (C=O) groups excluding carboxylic acids is 1. The highest BCUT2D eigenvalue weighted by Gasteiger charge is 2.58. The Morgan fingerprint density at radius 2 is 2.06 bits per heavy atom. The lowest BCUT2D eigenvalue weighted by molar-refractivity contribution is -0.186. The predicted octanol–water partition coefficient (Wildman–Crippen LogP) is 5.47. The largest absolute Gasteiger partial charge is 0.410 e. The molecule has 5 rings (SSSR count). The van der Waals surface area contributed by atoms with Crippen LogP contribution in [0.2, 0.25) is 0 Å². The van der Waals surface area contributed by atoms with Gasteiger partial charge in [0.2, 0.25) is 11.8 Å². The summed E-state index contributed by atoms with van der Waals surface area (Å²) in [6.07, 6.45) is 5.07. The van der Waals surface area contributed by atoms with E-state index < -0.39 is 5.92 Å². The first kappa shape index (κ1) is 21.1. The second-order valence-corrected chi connectivity index (χ2v) is 9.55. The van der Waals surface area contributed by atoms with Gasteiger partial charge in [-0.25, -0.2) is 13.8 Å². The van der Waals surface area contributed by atoms with Gasteiger partial charge in [-0.3, -0.25) is 9.69 Å². The van der Waals surface area contributed by atoms with Crippen LogP contribution in [0.1, 0.15) is 54.0 Å². The maximum absolute atomic E-state index is 13.8. The lowest BCUT2D eigenvalue weighted by Gasteiger charge is -2.54. The fourth-order valence-electron chi connectivity index (χ4n) is 5.83. The molecule has 1 N–H and O–H groups in total. The molecule has 0 bridgehead atoms. The van der Waals surface area contributed by atoms with Gasteiger partial charge in [-0.05, 0) is 67.0 Å². The van der Waals surface area contributed by atoms with Gasteiger partial charge in [-0.1, -0.05) is 12.1 Å². The van der Waals surface area contributed by atoms with E-state index in [0.717, 1.165) is 30.6 Å². The lowest BCUT2D eigenvalue weighted by Crippen LogP contribution is -2.53. The third kappa shape index (κ3) is 3.68. The van der Waals surface area contributed by atoms with Crippen molar-refractivity contribution in [1.29, 1.82) is 0 Å². The van der Waals surface area contributed by atoms with Crippen LogP contribution in [0.3, 0.4) is 0 Å². The van der Waals surface area contributed by atoms with E-state index in [2.05, 4.69) is 40.8 Å². The number of H-pyrrole nitrogens is 1. The standard InChI is InChI=1S/C25H27F2N3O2/c1-16-9-17(2)23-19(5-7-28-23)20(16)12-30-8-6-24(13-25(26,27)14-24)10-21(30)18-3-4-22(29-11-18)32-15-31/h3-5,7,9,11,15,21,28H,6,8,10,12-14H2,1-2H3. The van der Waals surface area contributed by atoms with Crippen molar-refractivity contribution < 1.29 is 18.3 Å². The molecule has 1 saturated heterocycles. The fourth-order valence-corrected chi connectivity index (χ4v) is 5.83. The van der Waals surface area contributed by atoms with E-state index in [4.69, 9.17) is 4.74 Å². The molecule has 168 valence electrons. The molecule has 2 aliphatic rings. The van der Waals surface area contributed by atoms with Gasteiger partial charge in [0.05, 0.1) is 0 Å². The molecule has 0 amide bonds. The number of alkyl halides is 2. The van der Waals surface area contributed by atoms with E-state index in [1.54, 1.807) is 12.3 Å². The number of aromatic nitrogens is 2. The van der Waals surface area contributed by atoms with Crippen LogP contribution in [0, 0.1) is 19.3 Å². The Balaban J connectivity index is 1.48. The summed E-state index contributed by atoms with van der Waals surface area (Å²) in [6.45, 7) is 6.09. The van der Waals surface area contributed by atoms with E-state index in [1.807, 2.05) is 12.3 Å². The second-order valence-electron chi connectivity index (χ2n) is 9.55. The van der Waals surface area contributed by atoms with Crippen molar-refractivity contribution in [2.24, 2.45) is 5.41 Å². The number of hydrogen-bond donors (Lipinski definition) is 1. The first-order valence-corrected chi connectivity index (χ1v) is 11.0. The average molecular weight is 440 g/mol. The quantitative estimate of drug-likeness (QED) is 0.536. The Labute approximate surface area is 185 Å². The molecule has 1 atom stereocenters. The minimum atomic E-state index is -2.54. The maximum Gasteiger partial charge on any atom is 0.299 e. The Morgan fingerprint density at radius 1 is 1.25 bits per heavy atom. The Kier molecular flexibility index (Phi) is 5.04. The zero-order chi connectivity index (χ0) is 22.5. The molecule has 1 unspecified atom stereocenters. The fraction of sp³-hybridized carbons (Fsp3) is 0.440. The highest BCUT2D eigenvalue weighted by molar-refractivity contribution is 5.87. The molecule has 7 heteroatoms. The van der Waals surface area contributed by atoms with Gasteiger partial charge in [0.1, 0.15) is 0 Å². The van der Waals surface area contributed by atoms with Crippen molar-refractivity contribution in [3.8, 4) is 5.88 Å². The first-order chi connectivity index (χ1) is 15.3. The minimum absolute atomic E-state index is 0.0210. The minimum Gasteiger partial charge on any atom is -0.410 e. The van der Waals surface area contributed by atoms with Crippen LogP contribution in [0.5, 0.6) is 5.88 Å². The number of rotatable bonds is 5. The van der Waals surface area contributed by atoms with Gasteiger partial charge in [0.25, 0.3) is 6.47 Å². The maximum atomic E-state index is 13.8. The van der Waals surface area contributed by atoms with E-state index in [0.29, 0.717) is 12.9 Å². The molecule has 5 nitrogen and oxygen atoms in total. The number of piperidine rings is 1. The number of benzene rings is 1. The van der Waals surface area contributed by atoms with Crippen LogP contribution in [0.25, 0.3) is 10.9 Å². The van der Waals surface area contributed by atoms with Crippen molar-refractivity contribution in [2.75, 3.05) is 6.54 Å². The molecule has 3 heterocycles. The van der Waals surface area contributed by atoms with Gasteiger partial charge in [0, 0.05) is 54.8 Å². The molecule has 2 aromatic heterocycles. The summed E-state index contributed by atoms with van der Waals surface area (Å²) in [4.78, 5) is 20.6. The Hall–Kier alpha value is -2.80. The average Bonchev–Trinajstić information content (AvgIpc) is 3.22. The van der Waals surface area contributed by atoms with E-state index >= 15 is 0 Å². The normalized spacial score (nSPS) is 22.1. The van der Waals surface area contributed by atoms with Crippen LogP contribution >= 0.6 is 0 Å². The number of likely N-dealkylation sites (tertiary alicyclic amines) is 1. The summed E-state index contributed by atoms with van der Waals surface area (Å²) in [7, 11) is 0. The third-order valence-electron chi connectivity index (χ3n) is 7.31. The SMILES string of the molecule is Cc1cc(C)c2[nH]ccc2c1CN1CCC2(CC1c1ccc(OC=O)nc1)CC(F)(F)C2. The molecule has 1 aromatic carbocycles. The summed E-state index contributed by atoms with van der Waals surface area (Å²) in [5, 5.41) is 1.21. The van der Waals surface area contributed by atoms with E-state index in [9.17, 15) is 13.6 Å². The summed E-state index contributed by atoms with van der Waals surface area (Å²) < 4.78 is 32.5. The van der Waals surface area contributed by atoms with Crippen LogP contribution in [0.4, 0.5) is 8.78 Å². The number of pyridine rings is 1. The van der Waals surface area contributed by atoms with Gasteiger partial charge in [-0.15, -0.1) is 0 Å². The van der Waals surface area contributed by atoms with E-state index in [1.165, 1.54) is 22.1 Å². The monoisotopic (exact) mass is 439 g/mol. The first-order valence-electron chi connectivity index (χ1n) is 11.0. The Morgan fingerprint density at radius 3 is 2.75 bits per heavy atom. The second kappa shape index (κ2) is 7.66. The van der Waals surface area contributed by atoms with Crippen LogP contribution < -0.4 is 4.74 Å². The third-order valence-corrected chi connectivity index (χ3v) is 7.31. The van der Waals surface area contributed by atoms with Crippen molar-refractivity contribution in [2.45, 2.75) is 58.0 Å². The van der Waals surface area contributed by atoms with Gasteiger partial charge >= 0.3 is 0 Å². The highest BCUT2D eigenvalue weighted by Crippen LogP contribution is 2.60. The lowest BCUT2D eigenvalue weighted by atomic mass is 9.59. The van der Waals surface area contributed by atoms with Crippen molar-refractivity contribution in [1.82, 2.24) is 14.9 Å². The topological polar surface area (TPSA) is 58.2 Å². The highest BCUT2D eigenvalue weighted by atomic mass is 19.3. The molecule has 1 aliphatic carbocycles. The number of hydrogen-bond acceptors (Lipinski definition) is 4. The van der Waals surface area contributed by atoms with Crippen LogP contribution in [-0.4, -0.2) is 33.8 Å². The molecule has 32 heavy (non-hydrogen) atoms. The molecule has 1 spiro atoms. The van der Waals surface area contributed by atoms with Crippen molar-refractivity contribution in [3.63, 3.8) is 0 Å². The van der Waals surface area contributed by atoms with Crippen molar-refractivity contribution in [3.05, 3.63) is 58.9 Å². The van der Waals surface area contributed by atoms with Gasteiger partial charge in [0.15, 0.2) is 0 Å². The zero-order valence-corrected chi connectivity index (χ0v) is 18.3. The number of ether oxygens (including phenoxy) is 1. The molecular formula is C25H27F2N3O2. The molecule has 1 saturated carbocycles. The van der Waals surface area contributed by atoms with E-state index in [-0.39, 0.29) is 30.2 Å². The Bertz CT molecular complexity index is 1150. The summed E-state index contributed by atoms with van der Waals surface area (Å²) in [5.74, 6) is -2.31. The predicted molar refractivity (Wildman–Crippen MR) is 118 cm³/mol. The summed E-state index contributed by atoms with van der Waals surface area (Å²) >= 11 is 0. The van der Waals surface area contributed by atoms with Crippen LogP contribution in [-0.2, 0) is 11.3 Å². The number of aromatic amines is 1. The molecule has 2 fully saturated rings. The number of carbonyl (C=O) groups is 1. The molecule has 3 aromatic rings. The molecular weight excluding hydrogens is 412 g/mol. The van der Waals surface area contributed by atoms with Crippen molar-refractivity contribution >= 4 is 17.4 Å². The van der Waals surface area contributed by atoms with Gasteiger partial charge in [-0.2, -0.15) is 0 Å². The molecule has 0 radical (unpaired) electrons. The number of fused-ring (bicyclic) bond motifs is 1. The number of halogens is 2. The smallest absolute Gasteiger partial charge is 0.299 e.